The number of rotatable bonds is 3. The topological polar surface area (TPSA) is 54.5 Å². The van der Waals surface area contributed by atoms with E-state index < -0.39 is 6.09 Å². The third-order valence-corrected chi connectivity index (χ3v) is 2.89. The van der Waals surface area contributed by atoms with Crippen LogP contribution in [0.1, 0.15) is 6.92 Å². The summed E-state index contributed by atoms with van der Waals surface area (Å²) >= 11 is 5.32. The van der Waals surface area contributed by atoms with E-state index in [1.165, 1.54) is 0 Å². The number of benzene rings is 1. The second kappa shape index (κ2) is 7.35. The number of ether oxygens (including phenoxy) is 1. The summed E-state index contributed by atoms with van der Waals surface area (Å²) in [5.41, 5.74) is 1.58. The van der Waals surface area contributed by atoms with Crippen molar-refractivity contribution >= 4 is 34.8 Å². The number of nitrogens with one attached hydrogen (secondary N) is 1. The van der Waals surface area contributed by atoms with Gasteiger partial charge >= 0.3 is 6.09 Å². The van der Waals surface area contributed by atoms with Crippen LogP contribution >= 0.6 is 12.2 Å². The molecule has 2 rings (SSSR count). The van der Waals surface area contributed by atoms with Crippen molar-refractivity contribution in [1.82, 2.24) is 10.3 Å². The number of alkyl carbamates (subject to hydrolysis) is 1. The summed E-state index contributed by atoms with van der Waals surface area (Å²) in [7, 11) is 0. The van der Waals surface area contributed by atoms with Crippen molar-refractivity contribution in [3.63, 3.8) is 0 Å². The molecule has 0 aliphatic rings. The molecule has 0 spiro atoms. The maximum absolute atomic E-state index is 11.6. The van der Waals surface area contributed by atoms with E-state index in [0.717, 1.165) is 11.4 Å². The summed E-state index contributed by atoms with van der Waals surface area (Å²) in [5.74, 6) is 0. The van der Waals surface area contributed by atoms with Crippen molar-refractivity contribution in [2.75, 3.05) is 11.5 Å². The number of carbonyl (C=O) groups is 1. The molecule has 5 nitrogen and oxygen atoms in total. The number of thiocarbonyl (C=S) groups is 1. The van der Waals surface area contributed by atoms with Gasteiger partial charge in [0, 0.05) is 11.9 Å². The molecule has 0 saturated carbocycles. The lowest BCUT2D eigenvalue weighted by Gasteiger charge is -2.24. The maximum atomic E-state index is 11.6. The molecule has 6 heteroatoms. The Balaban J connectivity index is 2.29. The molecule has 0 radical (unpaired) electrons. The molecule has 1 heterocycles. The molecule has 0 aliphatic carbocycles. The Kier molecular flexibility index (Phi) is 5.22. The molecule has 2 aromatic rings. The fraction of sp³-hybridized carbons (Fsp3) is 0.133. The van der Waals surface area contributed by atoms with Gasteiger partial charge in [-0.1, -0.05) is 18.2 Å². The summed E-state index contributed by atoms with van der Waals surface area (Å²) in [5, 5.41) is 2.78. The fourth-order valence-electron chi connectivity index (χ4n) is 1.76. The van der Waals surface area contributed by atoms with E-state index in [2.05, 4.69) is 10.3 Å². The molecule has 0 bridgehead atoms. The van der Waals surface area contributed by atoms with E-state index in [4.69, 9.17) is 17.0 Å². The van der Waals surface area contributed by atoms with Crippen LogP contribution in [0.25, 0.3) is 0 Å². The smallest absolute Gasteiger partial charge is 0.413 e. The zero-order valence-electron chi connectivity index (χ0n) is 11.5. The van der Waals surface area contributed by atoms with Crippen LogP contribution in [0, 0.1) is 0 Å². The van der Waals surface area contributed by atoms with E-state index >= 15 is 0 Å². The SMILES string of the molecule is CCOC(=O)NC(=S)N(c1ccccc1)c1cccnc1. The van der Waals surface area contributed by atoms with E-state index in [9.17, 15) is 4.79 Å². The van der Waals surface area contributed by atoms with Crippen LogP contribution in [0.2, 0.25) is 0 Å². The predicted octanol–water partition coefficient (Wildman–Crippen LogP) is 3.25. The molecule has 1 amide bonds. The van der Waals surface area contributed by atoms with Gasteiger partial charge in [0.2, 0.25) is 0 Å². The van der Waals surface area contributed by atoms with Crippen molar-refractivity contribution in [2.45, 2.75) is 6.92 Å². The minimum Gasteiger partial charge on any atom is -0.450 e. The minimum absolute atomic E-state index is 0.229. The third kappa shape index (κ3) is 4.00. The molecule has 1 aromatic carbocycles. The number of hydrogen-bond donors (Lipinski definition) is 1. The number of carbonyl (C=O) groups excluding carboxylic acids is 1. The summed E-state index contributed by atoms with van der Waals surface area (Å²) in [6.45, 7) is 2.02. The molecular formula is C15H15N3O2S. The van der Waals surface area contributed by atoms with Gasteiger partial charge in [-0.15, -0.1) is 0 Å². The quantitative estimate of drug-likeness (QED) is 0.882. The molecule has 0 unspecified atom stereocenters. The molecule has 1 aromatic heterocycles. The van der Waals surface area contributed by atoms with Gasteiger partial charge in [0.1, 0.15) is 0 Å². The van der Waals surface area contributed by atoms with Gasteiger partial charge in [-0.25, -0.2) is 4.79 Å². The van der Waals surface area contributed by atoms with E-state index in [1.807, 2.05) is 36.4 Å². The highest BCUT2D eigenvalue weighted by molar-refractivity contribution is 7.80. The van der Waals surface area contributed by atoms with Gasteiger partial charge in [0.05, 0.1) is 18.5 Å². The molecule has 0 aliphatic heterocycles. The summed E-state index contributed by atoms with van der Waals surface area (Å²) in [6, 6.07) is 13.2. The Morgan fingerprint density at radius 2 is 1.95 bits per heavy atom. The second-order valence-electron chi connectivity index (χ2n) is 4.03. The molecule has 0 fully saturated rings. The first kappa shape index (κ1) is 14.9. The Bertz CT molecular complexity index is 565. The zero-order chi connectivity index (χ0) is 15.1. The predicted molar refractivity (Wildman–Crippen MR) is 85.6 cm³/mol. The average molecular weight is 301 g/mol. The maximum Gasteiger partial charge on any atom is 0.413 e. The van der Waals surface area contributed by atoms with Gasteiger partial charge in [-0.2, -0.15) is 0 Å². The normalized spacial score (nSPS) is 9.76. The van der Waals surface area contributed by atoms with Crippen molar-refractivity contribution < 1.29 is 9.53 Å². The summed E-state index contributed by atoms with van der Waals surface area (Å²) in [4.78, 5) is 17.4. The van der Waals surface area contributed by atoms with Crippen LogP contribution in [0.5, 0.6) is 0 Å². The van der Waals surface area contributed by atoms with Crippen LogP contribution in [-0.4, -0.2) is 22.8 Å². The van der Waals surface area contributed by atoms with Crippen molar-refractivity contribution in [3.8, 4) is 0 Å². The molecule has 108 valence electrons. The van der Waals surface area contributed by atoms with Crippen LogP contribution in [0.15, 0.2) is 54.9 Å². The first-order valence-electron chi connectivity index (χ1n) is 6.45. The summed E-state index contributed by atoms with van der Waals surface area (Å²) in [6.07, 6.45) is 2.77. The Morgan fingerprint density at radius 1 is 1.24 bits per heavy atom. The van der Waals surface area contributed by atoms with E-state index in [-0.39, 0.29) is 11.7 Å². The lowest BCUT2D eigenvalue weighted by Crippen LogP contribution is -2.40. The van der Waals surface area contributed by atoms with Crippen LogP contribution in [0.4, 0.5) is 16.2 Å². The number of hydrogen-bond acceptors (Lipinski definition) is 4. The fourth-order valence-corrected chi connectivity index (χ4v) is 2.05. The molecule has 0 atom stereocenters. The Labute approximate surface area is 128 Å². The number of nitrogens with zero attached hydrogens (tertiary/aromatic N) is 2. The van der Waals surface area contributed by atoms with E-state index in [0.29, 0.717) is 0 Å². The second-order valence-corrected chi connectivity index (χ2v) is 4.42. The molecule has 1 N–H and O–H groups in total. The highest BCUT2D eigenvalue weighted by Gasteiger charge is 2.17. The van der Waals surface area contributed by atoms with Crippen LogP contribution in [0.3, 0.4) is 0 Å². The largest absolute Gasteiger partial charge is 0.450 e. The monoisotopic (exact) mass is 301 g/mol. The Hall–Kier alpha value is -2.47. The van der Waals surface area contributed by atoms with Crippen molar-refractivity contribution in [2.24, 2.45) is 0 Å². The standard InChI is InChI=1S/C15H15N3O2S/c1-2-20-15(19)17-14(21)18(12-7-4-3-5-8-12)13-9-6-10-16-11-13/h3-11H,2H2,1H3,(H,17,19,21). The van der Waals surface area contributed by atoms with Crippen LogP contribution < -0.4 is 10.2 Å². The highest BCUT2D eigenvalue weighted by atomic mass is 32.1. The van der Waals surface area contributed by atoms with Gasteiger partial charge in [-0.3, -0.25) is 15.2 Å². The number of para-hydroxylation sites is 1. The number of aromatic nitrogens is 1. The Morgan fingerprint density at radius 3 is 2.57 bits per heavy atom. The molecule has 0 saturated heterocycles. The van der Waals surface area contributed by atoms with Gasteiger partial charge in [0.15, 0.2) is 5.11 Å². The lowest BCUT2D eigenvalue weighted by atomic mass is 10.2. The van der Waals surface area contributed by atoms with Crippen molar-refractivity contribution in [3.05, 3.63) is 54.9 Å². The third-order valence-electron chi connectivity index (χ3n) is 2.61. The minimum atomic E-state index is -0.577. The van der Waals surface area contributed by atoms with Gasteiger partial charge in [-0.05, 0) is 43.4 Å². The molecular weight excluding hydrogens is 286 g/mol. The van der Waals surface area contributed by atoms with Crippen LogP contribution in [-0.2, 0) is 4.74 Å². The first-order chi connectivity index (χ1) is 10.2. The van der Waals surface area contributed by atoms with Crippen molar-refractivity contribution in [1.29, 1.82) is 0 Å². The zero-order valence-corrected chi connectivity index (χ0v) is 12.3. The highest BCUT2D eigenvalue weighted by Crippen LogP contribution is 2.24. The average Bonchev–Trinajstić information content (AvgIpc) is 2.50. The number of anilines is 2. The van der Waals surface area contributed by atoms with E-state index in [1.54, 1.807) is 30.3 Å². The number of amides is 1. The molecule has 21 heavy (non-hydrogen) atoms. The first-order valence-corrected chi connectivity index (χ1v) is 6.86. The summed E-state index contributed by atoms with van der Waals surface area (Å²) < 4.78 is 4.85. The lowest BCUT2D eigenvalue weighted by molar-refractivity contribution is 0.158. The number of pyridine rings is 1. The van der Waals surface area contributed by atoms with Gasteiger partial charge < -0.3 is 4.74 Å². The van der Waals surface area contributed by atoms with Gasteiger partial charge in [0.25, 0.3) is 0 Å².